The minimum atomic E-state index is 0.980. The van der Waals surface area contributed by atoms with Crippen LogP contribution in [0, 0.1) is 0 Å². The molecule has 23 heavy (non-hydrogen) atoms. The molecule has 126 valence electrons. The van der Waals surface area contributed by atoms with Crippen LogP contribution >= 0.6 is 11.8 Å². The van der Waals surface area contributed by atoms with E-state index in [-0.39, 0.29) is 0 Å². The van der Waals surface area contributed by atoms with E-state index in [4.69, 9.17) is 0 Å². The van der Waals surface area contributed by atoms with Crippen molar-refractivity contribution in [2.75, 3.05) is 58.3 Å². The summed E-state index contributed by atoms with van der Waals surface area (Å²) in [5.41, 5.74) is 1.27. The van der Waals surface area contributed by atoms with Gasteiger partial charge >= 0.3 is 0 Å². The Balaban J connectivity index is 1.72. The van der Waals surface area contributed by atoms with Crippen molar-refractivity contribution in [1.82, 2.24) is 15.1 Å². The van der Waals surface area contributed by atoms with Gasteiger partial charge in [-0.15, -0.1) is 0 Å². The Kier molecular flexibility index (Phi) is 8.04. The number of nitrogens with one attached hydrogen (secondary N) is 1. The highest BCUT2D eigenvalue weighted by atomic mass is 32.2. The Morgan fingerprint density at radius 2 is 1.96 bits per heavy atom. The molecule has 0 spiro atoms. The SMILES string of the molecule is CN=C(NCCSC)N1CCN(C/C=C/c2ccccc2)CC1. The maximum absolute atomic E-state index is 4.40. The van der Waals surface area contributed by atoms with E-state index in [9.17, 15) is 0 Å². The van der Waals surface area contributed by atoms with Gasteiger partial charge in [-0.2, -0.15) is 11.8 Å². The molecule has 0 saturated carbocycles. The molecule has 1 fully saturated rings. The van der Waals surface area contributed by atoms with Crippen LogP contribution in [0.4, 0.5) is 0 Å². The van der Waals surface area contributed by atoms with Crippen LogP contribution in [0.2, 0.25) is 0 Å². The fraction of sp³-hybridized carbons (Fsp3) is 0.500. The van der Waals surface area contributed by atoms with Crippen molar-refractivity contribution in [3.05, 3.63) is 42.0 Å². The fourth-order valence-corrected chi connectivity index (χ4v) is 2.95. The third-order valence-corrected chi connectivity index (χ3v) is 4.56. The second kappa shape index (κ2) is 10.3. The number of thioether (sulfide) groups is 1. The highest BCUT2D eigenvalue weighted by molar-refractivity contribution is 7.98. The summed E-state index contributed by atoms with van der Waals surface area (Å²) in [5, 5.41) is 3.44. The van der Waals surface area contributed by atoms with Gasteiger partial charge in [-0.3, -0.25) is 9.89 Å². The highest BCUT2D eigenvalue weighted by Gasteiger charge is 2.18. The minimum absolute atomic E-state index is 0.980. The topological polar surface area (TPSA) is 30.9 Å². The molecule has 1 saturated heterocycles. The fourth-order valence-electron chi connectivity index (χ4n) is 2.64. The molecule has 0 amide bonds. The van der Waals surface area contributed by atoms with Crippen LogP contribution in [0.25, 0.3) is 6.08 Å². The molecule has 1 N–H and O–H groups in total. The Hall–Kier alpha value is -1.46. The zero-order valence-electron chi connectivity index (χ0n) is 14.2. The average Bonchev–Trinajstić information content (AvgIpc) is 2.61. The molecular formula is C18H28N4S. The molecule has 2 rings (SSSR count). The number of aliphatic imine (C=N–C) groups is 1. The molecule has 0 aromatic heterocycles. The number of nitrogens with zero attached hydrogens (tertiary/aromatic N) is 3. The summed E-state index contributed by atoms with van der Waals surface area (Å²) in [5.74, 6) is 2.15. The zero-order chi connectivity index (χ0) is 16.3. The van der Waals surface area contributed by atoms with Crippen LogP contribution in [0.1, 0.15) is 5.56 Å². The summed E-state index contributed by atoms with van der Waals surface area (Å²) < 4.78 is 0. The summed E-state index contributed by atoms with van der Waals surface area (Å²) in [6.07, 6.45) is 6.60. The molecule has 0 atom stereocenters. The van der Waals surface area contributed by atoms with E-state index in [1.165, 1.54) is 5.56 Å². The third-order valence-electron chi connectivity index (χ3n) is 3.95. The molecule has 4 nitrogen and oxygen atoms in total. The molecule has 5 heteroatoms. The number of hydrogen-bond donors (Lipinski definition) is 1. The molecule has 0 radical (unpaired) electrons. The van der Waals surface area contributed by atoms with Gasteiger partial charge in [0.05, 0.1) is 0 Å². The van der Waals surface area contributed by atoms with Crippen LogP contribution in [0.3, 0.4) is 0 Å². The first-order valence-corrected chi connectivity index (χ1v) is 9.61. The monoisotopic (exact) mass is 332 g/mol. The number of rotatable bonds is 6. The van der Waals surface area contributed by atoms with Crippen LogP contribution < -0.4 is 5.32 Å². The first-order chi connectivity index (χ1) is 11.3. The Morgan fingerprint density at radius 1 is 1.22 bits per heavy atom. The Bertz CT molecular complexity index is 493. The molecule has 0 unspecified atom stereocenters. The summed E-state index contributed by atoms with van der Waals surface area (Å²) in [7, 11) is 1.87. The van der Waals surface area contributed by atoms with Gasteiger partial charge in [0.1, 0.15) is 0 Å². The van der Waals surface area contributed by atoms with E-state index in [0.717, 1.165) is 51.0 Å². The van der Waals surface area contributed by atoms with Crippen LogP contribution in [0.15, 0.2) is 41.4 Å². The Labute approximate surface area is 144 Å². The van der Waals surface area contributed by atoms with Gasteiger partial charge in [0.25, 0.3) is 0 Å². The molecule has 1 aromatic carbocycles. The number of benzene rings is 1. The van der Waals surface area contributed by atoms with Gasteiger partial charge < -0.3 is 10.2 Å². The lowest BCUT2D eigenvalue weighted by molar-refractivity contribution is 0.194. The lowest BCUT2D eigenvalue weighted by Crippen LogP contribution is -2.52. The highest BCUT2D eigenvalue weighted by Crippen LogP contribution is 2.05. The molecule has 0 bridgehead atoms. The number of guanidine groups is 1. The van der Waals surface area contributed by atoms with Crippen molar-refractivity contribution >= 4 is 23.8 Å². The predicted octanol–water partition coefficient (Wildman–Crippen LogP) is 2.26. The second-order valence-electron chi connectivity index (χ2n) is 5.57. The zero-order valence-corrected chi connectivity index (χ0v) is 15.1. The largest absolute Gasteiger partial charge is 0.355 e. The van der Waals surface area contributed by atoms with Gasteiger partial charge in [-0.05, 0) is 11.8 Å². The first kappa shape index (κ1) is 17.9. The van der Waals surface area contributed by atoms with E-state index in [1.54, 1.807) is 0 Å². The molecule has 0 aliphatic carbocycles. The van der Waals surface area contributed by atoms with Gasteiger partial charge in [0.2, 0.25) is 0 Å². The van der Waals surface area contributed by atoms with Gasteiger partial charge in [-0.1, -0.05) is 42.5 Å². The van der Waals surface area contributed by atoms with Crippen LogP contribution in [0.5, 0.6) is 0 Å². The summed E-state index contributed by atoms with van der Waals surface area (Å²) >= 11 is 1.86. The third kappa shape index (κ3) is 6.28. The normalized spacial score (nSPS) is 17.0. The van der Waals surface area contributed by atoms with Crippen molar-refractivity contribution in [2.45, 2.75) is 0 Å². The first-order valence-electron chi connectivity index (χ1n) is 8.22. The quantitative estimate of drug-likeness (QED) is 0.492. The standard InChI is InChI=1S/C18H28N4S/c1-19-18(20-10-16-23-2)22-14-12-21(13-15-22)11-6-9-17-7-4-3-5-8-17/h3-9H,10-16H2,1-2H3,(H,19,20)/b9-6+. The number of hydrogen-bond acceptors (Lipinski definition) is 3. The van der Waals surface area contributed by atoms with Gasteiger partial charge in [-0.25, -0.2) is 0 Å². The lowest BCUT2D eigenvalue weighted by atomic mass is 10.2. The van der Waals surface area contributed by atoms with E-state index >= 15 is 0 Å². The average molecular weight is 333 g/mol. The van der Waals surface area contributed by atoms with E-state index in [2.05, 4.69) is 68.8 Å². The number of piperazine rings is 1. The summed E-state index contributed by atoms with van der Waals surface area (Å²) in [4.78, 5) is 9.25. The maximum Gasteiger partial charge on any atom is 0.193 e. The van der Waals surface area contributed by atoms with E-state index < -0.39 is 0 Å². The molecular weight excluding hydrogens is 304 g/mol. The van der Waals surface area contributed by atoms with Crippen molar-refractivity contribution in [1.29, 1.82) is 0 Å². The van der Waals surface area contributed by atoms with Crippen LogP contribution in [-0.2, 0) is 0 Å². The molecule has 1 heterocycles. The van der Waals surface area contributed by atoms with Crippen LogP contribution in [-0.4, -0.2) is 74.1 Å². The van der Waals surface area contributed by atoms with Crippen molar-refractivity contribution in [3.8, 4) is 0 Å². The van der Waals surface area contributed by atoms with Crippen molar-refractivity contribution in [3.63, 3.8) is 0 Å². The molecule has 1 aliphatic heterocycles. The summed E-state index contributed by atoms with van der Waals surface area (Å²) in [6.45, 7) is 6.25. The Morgan fingerprint density at radius 3 is 2.61 bits per heavy atom. The van der Waals surface area contributed by atoms with E-state index in [0.29, 0.717) is 0 Å². The molecule has 1 aliphatic rings. The maximum atomic E-state index is 4.40. The minimum Gasteiger partial charge on any atom is -0.355 e. The summed E-state index contributed by atoms with van der Waals surface area (Å²) in [6, 6.07) is 10.5. The second-order valence-corrected chi connectivity index (χ2v) is 6.55. The van der Waals surface area contributed by atoms with Crippen molar-refractivity contribution in [2.24, 2.45) is 4.99 Å². The predicted molar refractivity (Wildman–Crippen MR) is 103 cm³/mol. The van der Waals surface area contributed by atoms with Crippen molar-refractivity contribution < 1.29 is 0 Å². The lowest BCUT2D eigenvalue weighted by Gasteiger charge is -2.36. The van der Waals surface area contributed by atoms with Gasteiger partial charge in [0, 0.05) is 52.1 Å². The van der Waals surface area contributed by atoms with Gasteiger partial charge in [0.15, 0.2) is 5.96 Å². The smallest absolute Gasteiger partial charge is 0.193 e. The van der Waals surface area contributed by atoms with E-state index in [1.807, 2.05) is 18.8 Å². The molecule has 1 aromatic rings.